The second-order valence-corrected chi connectivity index (χ2v) is 3.48. The monoisotopic (exact) mass is 228 g/mol. The summed E-state index contributed by atoms with van der Waals surface area (Å²) in [6, 6.07) is 1.65. The summed E-state index contributed by atoms with van der Waals surface area (Å²) in [6.07, 6.45) is 1.36. The van der Waals surface area contributed by atoms with Crippen LogP contribution >= 0.6 is 11.6 Å². The maximum atomic E-state index is 9.02. The zero-order valence-corrected chi connectivity index (χ0v) is 9.57. The predicted molar refractivity (Wildman–Crippen MR) is 62.6 cm³/mol. The molecule has 0 bridgehead atoms. The van der Waals surface area contributed by atoms with Gasteiger partial charge < -0.3 is 14.9 Å². The molecule has 0 saturated heterocycles. The minimum Gasteiger partial charge on any atom is -0.423 e. The van der Waals surface area contributed by atoms with Crippen molar-refractivity contribution in [2.75, 3.05) is 18.0 Å². The van der Waals surface area contributed by atoms with E-state index < -0.39 is 7.12 Å². The Kier molecular flexibility index (Phi) is 4.38. The Bertz CT molecular complexity index is 332. The molecule has 0 aliphatic heterocycles. The lowest BCUT2D eigenvalue weighted by atomic mass is 9.81. The molecule has 0 aliphatic rings. The molecule has 6 heteroatoms. The molecule has 15 heavy (non-hydrogen) atoms. The second kappa shape index (κ2) is 5.35. The molecular formula is C9H14BClN2O2. The summed E-state index contributed by atoms with van der Waals surface area (Å²) in [5, 5.41) is 18.4. The molecule has 0 saturated carbocycles. The second-order valence-electron chi connectivity index (χ2n) is 3.12. The third-order valence-corrected chi connectivity index (χ3v) is 2.54. The molecule has 82 valence electrons. The topological polar surface area (TPSA) is 56.6 Å². The van der Waals surface area contributed by atoms with Crippen LogP contribution in [0.25, 0.3) is 0 Å². The van der Waals surface area contributed by atoms with Crippen molar-refractivity contribution in [3.8, 4) is 0 Å². The average molecular weight is 228 g/mol. The standard InChI is InChI=1S/C9H14BClN2O2/c1-3-13(4-2)8-5-7(10(14)15)6-12-9(8)11/h5-6,14-15H,3-4H2,1-2H3. The van der Waals surface area contributed by atoms with Crippen molar-refractivity contribution in [2.45, 2.75) is 13.8 Å². The maximum absolute atomic E-state index is 9.02. The maximum Gasteiger partial charge on any atom is 0.490 e. The Labute approximate surface area is 94.7 Å². The number of hydrogen-bond acceptors (Lipinski definition) is 4. The Morgan fingerprint density at radius 2 is 2.00 bits per heavy atom. The molecule has 1 heterocycles. The average Bonchev–Trinajstić information content (AvgIpc) is 2.22. The first-order valence-electron chi connectivity index (χ1n) is 4.86. The number of aromatic nitrogens is 1. The minimum absolute atomic E-state index is 0.348. The number of nitrogens with zero attached hydrogens (tertiary/aromatic N) is 2. The molecule has 0 aromatic carbocycles. The molecule has 0 unspecified atom stereocenters. The van der Waals surface area contributed by atoms with Crippen LogP contribution in [-0.4, -0.2) is 35.2 Å². The lowest BCUT2D eigenvalue weighted by molar-refractivity contribution is 0.425. The third-order valence-electron chi connectivity index (χ3n) is 2.24. The van der Waals surface area contributed by atoms with Crippen LogP contribution in [0.5, 0.6) is 0 Å². The molecule has 0 radical (unpaired) electrons. The highest BCUT2D eigenvalue weighted by Crippen LogP contribution is 2.21. The van der Waals surface area contributed by atoms with E-state index in [0.29, 0.717) is 10.6 Å². The van der Waals surface area contributed by atoms with Gasteiger partial charge in [0.1, 0.15) is 0 Å². The Morgan fingerprint density at radius 3 is 2.47 bits per heavy atom. The van der Waals surface area contributed by atoms with E-state index in [2.05, 4.69) is 4.98 Å². The van der Waals surface area contributed by atoms with Crippen LogP contribution in [0.2, 0.25) is 5.15 Å². The van der Waals surface area contributed by atoms with Gasteiger partial charge in [0.15, 0.2) is 5.15 Å². The highest BCUT2D eigenvalue weighted by Gasteiger charge is 2.16. The van der Waals surface area contributed by atoms with E-state index in [4.69, 9.17) is 21.6 Å². The molecule has 2 N–H and O–H groups in total. The molecule has 0 aliphatic carbocycles. The highest BCUT2D eigenvalue weighted by atomic mass is 35.5. The number of halogens is 1. The smallest absolute Gasteiger partial charge is 0.423 e. The van der Waals surface area contributed by atoms with E-state index in [0.717, 1.165) is 18.8 Å². The van der Waals surface area contributed by atoms with Crippen LogP contribution in [0, 0.1) is 0 Å². The summed E-state index contributed by atoms with van der Waals surface area (Å²) >= 11 is 5.94. The molecule has 1 aromatic rings. The van der Waals surface area contributed by atoms with E-state index >= 15 is 0 Å². The lowest BCUT2D eigenvalue weighted by Crippen LogP contribution is -2.32. The van der Waals surface area contributed by atoms with Crippen molar-refractivity contribution < 1.29 is 10.0 Å². The first kappa shape index (κ1) is 12.3. The minimum atomic E-state index is -1.51. The van der Waals surface area contributed by atoms with Crippen LogP contribution in [-0.2, 0) is 0 Å². The van der Waals surface area contributed by atoms with Crippen molar-refractivity contribution in [2.24, 2.45) is 0 Å². The van der Waals surface area contributed by atoms with E-state index in [-0.39, 0.29) is 0 Å². The fourth-order valence-corrected chi connectivity index (χ4v) is 1.60. The third kappa shape index (κ3) is 2.84. The molecule has 1 aromatic heterocycles. The predicted octanol–water partition coefficient (Wildman–Crippen LogP) is 0.261. The van der Waals surface area contributed by atoms with Crippen LogP contribution in [0.15, 0.2) is 12.3 Å². The summed E-state index contributed by atoms with van der Waals surface area (Å²) in [5.41, 5.74) is 1.08. The zero-order chi connectivity index (χ0) is 11.4. The molecular weight excluding hydrogens is 214 g/mol. The summed E-state index contributed by atoms with van der Waals surface area (Å²) < 4.78 is 0. The number of pyridine rings is 1. The molecule has 4 nitrogen and oxygen atoms in total. The van der Waals surface area contributed by atoms with Gasteiger partial charge in [-0.15, -0.1) is 0 Å². The number of rotatable bonds is 4. The molecule has 0 amide bonds. The van der Waals surface area contributed by atoms with Gasteiger partial charge in [0.25, 0.3) is 0 Å². The fraction of sp³-hybridized carbons (Fsp3) is 0.444. The van der Waals surface area contributed by atoms with Crippen molar-refractivity contribution in [3.05, 3.63) is 17.4 Å². The Morgan fingerprint density at radius 1 is 1.40 bits per heavy atom. The van der Waals surface area contributed by atoms with Crippen LogP contribution in [0.3, 0.4) is 0 Å². The fourth-order valence-electron chi connectivity index (χ4n) is 1.38. The first-order chi connectivity index (χ1) is 7.10. The Balaban J connectivity index is 3.09. The summed E-state index contributed by atoms with van der Waals surface area (Å²) in [6.45, 7) is 5.59. The van der Waals surface area contributed by atoms with E-state index in [1.54, 1.807) is 6.07 Å². The van der Waals surface area contributed by atoms with E-state index in [9.17, 15) is 0 Å². The van der Waals surface area contributed by atoms with Gasteiger partial charge in [0.05, 0.1) is 5.69 Å². The number of anilines is 1. The van der Waals surface area contributed by atoms with Crippen LogP contribution < -0.4 is 10.4 Å². The van der Waals surface area contributed by atoms with Gasteiger partial charge in [0.2, 0.25) is 0 Å². The molecule has 1 rings (SSSR count). The zero-order valence-electron chi connectivity index (χ0n) is 8.81. The molecule has 0 fully saturated rings. The highest BCUT2D eigenvalue weighted by molar-refractivity contribution is 6.58. The van der Waals surface area contributed by atoms with Gasteiger partial charge >= 0.3 is 7.12 Å². The quantitative estimate of drug-likeness (QED) is 0.573. The normalized spacial score (nSPS) is 10.2. The van der Waals surface area contributed by atoms with Gasteiger partial charge in [-0.2, -0.15) is 0 Å². The Hall–Kier alpha value is -0.775. The molecule has 0 spiro atoms. The molecule has 0 atom stereocenters. The van der Waals surface area contributed by atoms with Crippen molar-refractivity contribution in [1.29, 1.82) is 0 Å². The first-order valence-corrected chi connectivity index (χ1v) is 5.24. The van der Waals surface area contributed by atoms with Crippen molar-refractivity contribution in [1.82, 2.24) is 4.98 Å². The van der Waals surface area contributed by atoms with Gasteiger partial charge in [-0.05, 0) is 19.9 Å². The van der Waals surface area contributed by atoms with Crippen molar-refractivity contribution in [3.63, 3.8) is 0 Å². The van der Waals surface area contributed by atoms with E-state index in [1.165, 1.54) is 6.20 Å². The lowest BCUT2D eigenvalue weighted by Gasteiger charge is -2.22. The van der Waals surface area contributed by atoms with Crippen LogP contribution in [0.1, 0.15) is 13.8 Å². The van der Waals surface area contributed by atoms with Gasteiger partial charge in [0, 0.05) is 24.7 Å². The van der Waals surface area contributed by atoms with Gasteiger partial charge in [-0.3, -0.25) is 0 Å². The number of hydrogen-bond donors (Lipinski definition) is 2. The van der Waals surface area contributed by atoms with Crippen molar-refractivity contribution >= 4 is 29.9 Å². The van der Waals surface area contributed by atoms with Crippen LogP contribution in [0.4, 0.5) is 5.69 Å². The summed E-state index contributed by atoms with van der Waals surface area (Å²) in [7, 11) is -1.51. The van der Waals surface area contributed by atoms with Gasteiger partial charge in [-0.25, -0.2) is 4.98 Å². The summed E-state index contributed by atoms with van der Waals surface area (Å²) in [4.78, 5) is 5.92. The van der Waals surface area contributed by atoms with Gasteiger partial charge in [-0.1, -0.05) is 11.6 Å². The largest absolute Gasteiger partial charge is 0.490 e. The summed E-state index contributed by atoms with van der Waals surface area (Å²) in [5.74, 6) is 0. The van der Waals surface area contributed by atoms with E-state index in [1.807, 2.05) is 18.7 Å². The SMILES string of the molecule is CCN(CC)c1cc(B(O)O)cnc1Cl.